The number of ether oxygens (including phenoxy) is 1. The van der Waals surface area contributed by atoms with E-state index in [0.29, 0.717) is 0 Å². The molecule has 8 nitrogen and oxygen atoms in total. The smallest absolute Gasteiger partial charge is 0.311 e. The van der Waals surface area contributed by atoms with Crippen molar-refractivity contribution in [2.45, 2.75) is 26.3 Å². The van der Waals surface area contributed by atoms with Crippen molar-refractivity contribution in [2.24, 2.45) is 0 Å². The summed E-state index contributed by atoms with van der Waals surface area (Å²) < 4.78 is 4.90. The van der Waals surface area contributed by atoms with Crippen molar-refractivity contribution in [3.8, 4) is 5.75 Å². The van der Waals surface area contributed by atoms with Gasteiger partial charge in [-0.2, -0.15) is 0 Å². The highest BCUT2D eigenvalue weighted by Crippen LogP contribution is 2.27. The summed E-state index contributed by atoms with van der Waals surface area (Å²) >= 11 is 0. The highest BCUT2D eigenvalue weighted by molar-refractivity contribution is 5.97. The molecule has 0 saturated carbocycles. The van der Waals surface area contributed by atoms with Gasteiger partial charge < -0.3 is 15.4 Å². The first-order chi connectivity index (χ1) is 13.3. The molecule has 2 amide bonds. The van der Waals surface area contributed by atoms with Gasteiger partial charge >= 0.3 is 5.69 Å². The van der Waals surface area contributed by atoms with Crippen LogP contribution >= 0.6 is 0 Å². The van der Waals surface area contributed by atoms with Crippen molar-refractivity contribution >= 4 is 17.5 Å². The highest BCUT2D eigenvalue weighted by Gasteiger charge is 2.18. The summed E-state index contributed by atoms with van der Waals surface area (Å²) in [5.74, 6) is -0.883. The van der Waals surface area contributed by atoms with E-state index >= 15 is 0 Å². The number of carbonyl (C=O) groups is 2. The van der Waals surface area contributed by atoms with Gasteiger partial charge in [-0.15, -0.1) is 0 Å². The Morgan fingerprint density at radius 3 is 2.43 bits per heavy atom. The monoisotopic (exact) mass is 385 g/mol. The van der Waals surface area contributed by atoms with E-state index in [1.54, 1.807) is 0 Å². The van der Waals surface area contributed by atoms with E-state index in [1.807, 2.05) is 31.2 Å². The molecule has 0 aliphatic rings. The van der Waals surface area contributed by atoms with Crippen LogP contribution in [-0.2, 0) is 11.2 Å². The van der Waals surface area contributed by atoms with Crippen LogP contribution < -0.4 is 15.4 Å². The molecular formula is C20H23N3O5. The molecule has 2 N–H and O–H groups in total. The molecule has 0 bridgehead atoms. The van der Waals surface area contributed by atoms with Gasteiger partial charge in [-0.3, -0.25) is 19.7 Å². The first-order valence-corrected chi connectivity index (χ1v) is 8.84. The average Bonchev–Trinajstić information content (AvgIpc) is 2.71. The first kappa shape index (κ1) is 20.9. The number of methoxy groups -OCH3 is 1. The molecule has 148 valence electrons. The van der Waals surface area contributed by atoms with E-state index in [-0.39, 0.29) is 35.5 Å². The number of carbonyl (C=O) groups excluding carboxylic acids is 2. The lowest BCUT2D eigenvalue weighted by Crippen LogP contribution is -2.38. The fourth-order valence-corrected chi connectivity index (χ4v) is 2.65. The maximum atomic E-state index is 12.2. The molecule has 0 aliphatic heterocycles. The molecular weight excluding hydrogens is 362 g/mol. The first-order valence-electron chi connectivity index (χ1n) is 8.84. The van der Waals surface area contributed by atoms with Crippen LogP contribution in [0.4, 0.5) is 5.69 Å². The highest BCUT2D eigenvalue weighted by atomic mass is 16.6. The molecule has 1 unspecified atom stereocenters. The van der Waals surface area contributed by atoms with E-state index in [9.17, 15) is 19.7 Å². The standard InChI is InChI=1S/C20H23N3O5/c1-4-14-5-7-15(8-6-14)13(2)22-19(24)12-21-20(25)16-9-10-18(28-3)17(11-16)23(26)27/h5-11,13H,4,12H2,1-3H3,(H,21,25)(H,22,24). The second-order valence-corrected chi connectivity index (χ2v) is 6.21. The Bertz CT molecular complexity index is 865. The molecule has 1 atom stereocenters. The number of aryl methyl sites for hydroxylation is 1. The Morgan fingerprint density at radius 1 is 1.18 bits per heavy atom. The predicted molar refractivity (Wildman–Crippen MR) is 104 cm³/mol. The lowest BCUT2D eigenvalue weighted by Gasteiger charge is -2.15. The average molecular weight is 385 g/mol. The van der Waals surface area contributed by atoms with Crippen LogP contribution in [0.3, 0.4) is 0 Å². The summed E-state index contributed by atoms with van der Waals surface area (Å²) in [6.07, 6.45) is 0.941. The summed E-state index contributed by atoms with van der Waals surface area (Å²) in [6, 6.07) is 11.6. The predicted octanol–water partition coefficient (Wildman–Crippen LogP) is 2.77. The number of nitrogens with one attached hydrogen (secondary N) is 2. The minimum Gasteiger partial charge on any atom is -0.490 e. The fourth-order valence-electron chi connectivity index (χ4n) is 2.65. The quantitative estimate of drug-likeness (QED) is 0.536. The largest absolute Gasteiger partial charge is 0.490 e. The maximum absolute atomic E-state index is 12.2. The van der Waals surface area contributed by atoms with Gasteiger partial charge in [0, 0.05) is 11.6 Å². The number of benzene rings is 2. The van der Waals surface area contributed by atoms with E-state index in [0.717, 1.165) is 18.1 Å². The van der Waals surface area contributed by atoms with Crippen LogP contribution in [-0.4, -0.2) is 30.4 Å². The molecule has 0 aliphatic carbocycles. The third kappa shape index (κ3) is 5.29. The molecule has 28 heavy (non-hydrogen) atoms. The van der Waals surface area contributed by atoms with Crippen LogP contribution in [0.15, 0.2) is 42.5 Å². The van der Waals surface area contributed by atoms with Crippen molar-refractivity contribution < 1.29 is 19.2 Å². The van der Waals surface area contributed by atoms with Gasteiger partial charge in [0.1, 0.15) is 0 Å². The van der Waals surface area contributed by atoms with Crippen molar-refractivity contribution in [1.82, 2.24) is 10.6 Å². The Hall–Kier alpha value is -3.42. The molecule has 0 radical (unpaired) electrons. The molecule has 2 aromatic carbocycles. The van der Waals surface area contributed by atoms with E-state index in [1.165, 1.54) is 24.8 Å². The van der Waals surface area contributed by atoms with Crippen LogP contribution in [0.1, 0.15) is 41.4 Å². The zero-order valence-corrected chi connectivity index (χ0v) is 16.0. The normalized spacial score (nSPS) is 11.4. The van der Waals surface area contributed by atoms with Crippen LogP contribution in [0.25, 0.3) is 0 Å². The second-order valence-electron chi connectivity index (χ2n) is 6.21. The number of rotatable bonds is 8. The number of nitro groups is 1. The summed E-state index contributed by atoms with van der Waals surface area (Å²) in [4.78, 5) is 34.7. The van der Waals surface area contributed by atoms with Crippen molar-refractivity contribution in [1.29, 1.82) is 0 Å². The fraction of sp³-hybridized carbons (Fsp3) is 0.300. The summed E-state index contributed by atoms with van der Waals surface area (Å²) in [6.45, 7) is 3.68. The zero-order chi connectivity index (χ0) is 20.7. The number of nitrogens with zero attached hydrogens (tertiary/aromatic N) is 1. The molecule has 0 spiro atoms. The molecule has 8 heteroatoms. The van der Waals surface area contributed by atoms with Gasteiger partial charge in [-0.1, -0.05) is 31.2 Å². The van der Waals surface area contributed by atoms with E-state index in [4.69, 9.17) is 4.74 Å². The maximum Gasteiger partial charge on any atom is 0.311 e. The van der Waals surface area contributed by atoms with Crippen LogP contribution in [0, 0.1) is 10.1 Å². The topological polar surface area (TPSA) is 111 Å². The van der Waals surface area contributed by atoms with Gasteiger partial charge in [0.15, 0.2) is 5.75 Å². The Kier molecular flexibility index (Phi) is 7.08. The number of hydrogen-bond acceptors (Lipinski definition) is 5. The third-order valence-corrected chi connectivity index (χ3v) is 4.31. The molecule has 2 rings (SSSR count). The number of nitro benzene ring substituents is 1. The summed E-state index contributed by atoms with van der Waals surface area (Å²) in [5.41, 5.74) is 1.93. The minimum absolute atomic E-state index is 0.0576. The minimum atomic E-state index is -0.631. The van der Waals surface area contributed by atoms with E-state index in [2.05, 4.69) is 17.6 Å². The van der Waals surface area contributed by atoms with Gasteiger partial charge in [-0.05, 0) is 36.6 Å². The number of hydrogen-bond donors (Lipinski definition) is 2. The SMILES string of the molecule is CCc1ccc(C(C)NC(=O)CNC(=O)c2ccc(OC)c([N+](=O)[O-])c2)cc1. The molecule has 0 fully saturated rings. The van der Waals surface area contributed by atoms with Gasteiger partial charge in [0.05, 0.1) is 24.6 Å². The van der Waals surface area contributed by atoms with E-state index < -0.39 is 10.8 Å². The third-order valence-electron chi connectivity index (χ3n) is 4.31. The van der Waals surface area contributed by atoms with Gasteiger partial charge in [-0.25, -0.2) is 0 Å². The zero-order valence-electron chi connectivity index (χ0n) is 16.0. The summed E-state index contributed by atoms with van der Waals surface area (Å²) in [7, 11) is 1.31. The van der Waals surface area contributed by atoms with Crippen molar-refractivity contribution in [3.63, 3.8) is 0 Å². The van der Waals surface area contributed by atoms with Crippen molar-refractivity contribution in [2.75, 3.05) is 13.7 Å². The summed E-state index contributed by atoms with van der Waals surface area (Å²) in [5, 5.41) is 16.3. The lowest BCUT2D eigenvalue weighted by molar-refractivity contribution is -0.385. The van der Waals surface area contributed by atoms with Crippen LogP contribution in [0.2, 0.25) is 0 Å². The van der Waals surface area contributed by atoms with Gasteiger partial charge in [0.25, 0.3) is 5.91 Å². The Labute approximate surface area is 163 Å². The molecule has 2 aromatic rings. The lowest BCUT2D eigenvalue weighted by atomic mass is 10.1. The molecule has 0 saturated heterocycles. The Morgan fingerprint density at radius 2 is 1.86 bits per heavy atom. The van der Waals surface area contributed by atoms with Crippen LogP contribution in [0.5, 0.6) is 5.75 Å². The molecule has 0 heterocycles. The second kappa shape index (κ2) is 9.50. The van der Waals surface area contributed by atoms with Gasteiger partial charge in [0.2, 0.25) is 5.91 Å². The van der Waals surface area contributed by atoms with Crippen molar-refractivity contribution in [3.05, 3.63) is 69.3 Å². The number of amides is 2. The Balaban J connectivity index is 1.93. The molecule has 0 aromatic heterocycles.